The fourth-order valence-electron chi connectivity index (χ4n) is 2.21. The van der Waals surface area contributed by atoms with E-state index in [0.717, 1.165) is 34.9 Å². The zero-order valence-corrected chi connectivity index (χ0v) is 9.35. The Morgan fingerprint density at radius 3 is 3.00 bits per heavy atom. The van der Waals surface area contributed by atoms with Gasteiger partial charge in [0.15, 0.2) is 0 Å². The molecule has 1 unspecified atom stereocenters. The summed E-state index contributed by atoms with van der Waals surface area (Å²) in [5, 5.41) is 8.90. The van der Waals surface area contributed by atoms with Gasteiger partial charge >= 0.3 is 0 Å². The summed E-state index contributed by atoms with van der Waals surface area (Å²) in [5.74, 6) is 0.212. The van der Waals surface area contributed by atoms with E-state index in [0.29, 0.717) is 5.92 Å². The van der Waals surface area contributed by atoms with E-state index in [4.69, 9.17) is 5.11 Å². The first-order valence-corrected chi connectivity index (χ1v) is 5.61. The molecule has 0 amide bonds. The number of aliphatic hydroxyl groups is 1. The normalized spacial score (nSPS) is 19.8. The zero-order valence-electron chi connectivity index (χ0n) is 7.76. The van der Waals surface area contributed by atoms with Crippen LogP contribution in [0.5, 0.6) is 0 Å². The number of aliphatic hydroxyl groups excluding tert-OH is 1. The Morgan fingerprint density at radius 1 is 1.50 bits per heavy atom. The summed E-state index contributed by atoms with van der Waals surface area (Å²) in [4.78, 5) is 0. The second kappa shape index (κ2) is 3.99. The minimum absolute atomic E-state index is 0.108. The van der Waals surface area contributed by atoms with Crippen LogP contribution >= 0.6 is 15.9 Å². The van der Waals surface area contributed by atoms with E-state index in [2.05, 4.69) is 15.9 Å². The highest BCUT2D eigenvalue weighted by atomic mass is 79.9. The van der Waals surface area contributed by atoms with Crippen molar-refractivity contribution in [2.45, 2.75) is 25.2 Å². The molecule has 0 saturated carbocycles. The second-order valence-corrected chi connectivity index (χ2v) is 4.52. The third kappa shape index (κ3) is 1.59. The van der Waals surface area contributed by atoms with Crippen molar-refractivity contribution in [3.8, 4) is 0 Å². The molecule has 0 fully saturated rings. The Kier molecular flexibility index (Phi) is 2.88. The maximum Gasteiger partial charge on any atom is 0.126 e. The molecule has 3 heteroatoms. The standard InChI is InChI=1S/C11H12BrFO/c12-9-3-4-10(13)8-2-1-7(5-6-14)11(8)9/h3-4,7,14H,1-2,5-6H2. The van der Waals surface area contributed by atoms with Gasteiger partial charge in [-0.1, -0.05) is 15.9 Å². The van der Waals surface area contributed by atoms with Crippen molar-refractivity contribution in [1.82, 2.24) is 0 Å². The van der Waals surface area contributed by atoms with Crippen molar-refractivity contribution in [1.29, 1.82) is 0 Å². The molecule has 0 aromatic heterocycles. The average Bonchev–Trinajstić information content (AvgIpc) is 2.58. The molecule has 1 aromatic carbocycles. The van der Waals surface area contributed by atoms with Gasteiger partial charge in [-0.25, -0.2) is 4.39 Å². The van der Waals surface area contributed by atoms with Crippen LogP contribution in [0.1, 0.15) is 29.9 Å². The molecule has 0 heterocycles. The van der Waals surface area contributed by atoms with E-state index in [1.165, 1.54) is 6.07 Å². The fourth-order valence-corrected chi connectivity index (χ4v) is 2.91. The Balaban J connectivity index is 2.42. The smallest absolute Gasteiger partial charge is 0.126 e. The Morgan fingerprint density at radius 2 is 2.29 bits per heavy atom. The third-order valence-electron chi connectivity index (χ3n) is 2.88. The van der Waals surface area contributed by atoms with Crippen LogP contribution in [0.2, 0.25) is 0 Å². The largest absolute Gasteiger partial charge is 0.396 e. The van der Waals surface area contributed by atoms with E-state index in [9.17, 15) is 4.39 Å². The molecule has 0 aliphatic heterocycles. The zero-order chi connectivity index (χ0) is 10.1. The maximum absolute atomic E-state index is 13.4. The minimum atomic E-state index is -0.108. The predicted molar refractivity (Wildman–Crippen MR) is 56.9 cm³/mol. The molecule has 1 nitrogen and oxygen atoms in total. The molecule has 14 heavy (non-hydrogen) atoms. The quantitative estimate of drug-likeness (QED) is 0.865. The number of fused-ring (bicyclic) bond motifs is 1. The molecule has 76 valence electrons. The summed E-state index contributed by atoms with van der Waals surface area (Å²) in [6, 6.07) is 3.26. The number of hydrogen-bond donors (Lipinski definition) is 1. The molecular weight excluding hydrogens is 247 g/mol. The Hall–Kier alpha value is -0.410. The van der Waals surface area contributed by atoms with E-state index in [1.54, 1.807) is 6.07 Å². The number of benzene rings is 1. The van der Waals surface area contributed by atoms with Crippen molar-refractivity contribution in [3.05, 3.63) is 33.5 Å². The topological polar surface area (TPSA) is 20.2 Å². The third-order valence-corrected chi connectivity index (χ3v) is 3.57. The lowest BCUT2D eigenvalue weighted by atomic mass is 9.98. The van der Waals surface area contributed by atoms with Crippen LogP contribution in [0.15, 0.2) is 16.6 Å². The second-order valence-electron chi connectivity index (χ2n) is 3.67. The average molecular weight is 259 g/mol. The molecule has 0 saturated heterocycles. The minimum Gasteiger partial charge on any atom is -0.396 e. The molecule has 0 radical (unpaired) electrons. The maximum atomic E-state index is 13.4. The van der Waals surface area contributed by atoms with E-state index in [1.807, 2.05) is 0 Å². The van der Waals surface area contributed by atoms with Crippen LogP contribution in [-0.4, -0.2) is 11.7 Å². The van der Waals surface area contributed by atoms with Crippen molar-refractivity contribution < 1.29 is 9.50 Å². The van der Waals surface area contributed by atoms with Crippen LogP contribution in [0.4, 0.5) is 4.39 Å². The molecule has 2 rings (SSSR count). The van der Waals surface area contributed by atoms with E-state index in [-0.39, 0.29) is 12.4 Å². The van der Waals surface area contributed by atoms with Crippen LogP contribution in [0.3, 0.4) is 0 Å². The molecule has 0 bridgehead atoms. The van der Waals surface area contributed by atoms with Crippen LogP contribution in [0, 0.1) is 5.82 Å². The molecular formula is C11H12BrFO. The summed E-state index contributed by atoms with van der Waals surface area (Å²) >= 11 is 3.44. The lowest BCUT2D eigenvalue weighted by Crippen LogP contribution is -1.98. The number of halogens is 2. The summed E-state index contributed by atoms with van der Waals surface area (Å²) in [6.45, 7) is 0.174. The predicted octanol–water partition coefficient (Wildman–Crippen LogP) is 3.00. The van der Waals surface area contributed by atoms with Crippen molar-refractivity contribution >= 4 is 15.9 Å². The summed E-state index contributed by atoms with van der Waals surface area (Å²) in [6.07, 6.45) is 2.48. The van der Waals surface area contributed by atoms with Gasteiger partial charge in [0.25, 0.3) is 0 Å². The van der Waals surface area contributed by atoms with Gasteiger partial charge < -0.3 is 5.11 Å². The van der Waals surface area contributed by atoms with E-state index < -0.39 is 0 Å². The first-order chi connectivity index (χ1) is 6.74. The van der Waals surface area contributed by atoms with Gasteiger partial charge in [-0.05, 0) is 48.4 Å². The summed E-state index contributed by atoms with van der Waals surface area (Å²) < 4.78 is 14.4. The van der Waals surface area contributed by atoms with Gasteiger partial charge in [-0.15, -0.1) is 0 Å². The van der Waals surface area contributed by atoms with Gasteiger partial charge in [0.05, 0.1) is 0 Å². The van der Waals surface area contributed by atoms with Gasteiger partial charge in [-0.2, -0.15) is 0 Å². The monoisotopic (exact) mass is 258 g/mol. The van der Waals surface area contributed by atoms with Crippen LogP contribution < -0.4 is 0 Å². The number of rotatable bonds is 2. The van der Waals surface area contributed by atoms with Gasteiger partial charge in [0, 0.05) is 11.1 Å². The summed E-state index contributed by atoms with van der Waals surface area (Å²) in [7, 11) is 0. The Bertz CT molecular complexity index is 351. The van der Waals surface area contributed by atoms with Crippen molar-refractivity contribution in [2.24, 2.45) is 0 Å². The van der Waals surface area contributed by atoms with Crippen LogP contribution in [0.25, 0.3) is 0 Å². The molecule has 1 N–H and O–H groups in total. The highest BCUT2D eigenvalue weighted by molar-refractivity contribution is 9.10. The molecule has 1 aliphatic rings. The summed E-state index contributed by atoms with van der Waals surface area (Å²) in [5.41, 5.74) is 1.90. The van der Waals surface area contributed by atoms with Gasteiger partial charge in [0.2, 0.25) is 0 Å². The molecule has 1 aromatic rings. The Labute approximate surface area is 91.1 Å². The number of hydrogen-bond acceptors (Lipinski definition) is 1. The fraction of sp³-hybridized carbons (Fsp3) is 0.455. The molecule has 1 aliphatic carbocycles. The highest BCUT2D eigenvalue weighted by Crippen LogP contribution is 2.40. The SMILES string of the molecule is OCCC1CCc2c(F)ccc(Br)c21. The van der Waals surface area contributed by atoms with Crippen molar-refractivity contribution in [3.63, 3.8) is 0 Å². The molecule has 0 spiro atoms. The van der Waals surface area contributed by atoms with Crippen LogP contribution in [-0.2, 0) is 6.42 Å². The molecule has 1 atom stereocenters. The first-order valence-electron chi connectivity index (χ1n) is 4.81. The van der Waals surface area contributed by atoms with Crippen molar-refractivity contribution in [2.75, 3.05) is 6.61 Å². The van der Waals surface area contributed by atoms with Gasteiger partial charge in [0.1, 0.15) is 5.82 Å². The first kappa shape index (κ1) is 10.1. The lowest BCUT2D eigenvalue weighted by Gasteiger charge is -2.11. The van der Waals surface area contributed by atoms with Gasteiger partial charge in [-0.3, -0.25) is 0 Å². The highest BCUT2D eigenvalue weighted by Gasteiger charge is 2.26. The lowest BCUT2D eigenvalue weighted by molar-refractivity contribution is 0.275. The van der Waals surface area contributed by atoms with E-state index >= 15 is 0 Å².